The molecule has 0 aliphatic carbocycles. The molecule has 3 fully saturated rings. The Balaban J connectivity index is 1.81. The van der Waals surface area contributed by atoms with Crippen LogP contribution in [0.25, 0.3) is 0 Å². The molecule has 0 aromatic carbocycles. The van der Waals surface area contributed by atoms with Crippen LogP contribution in [0.2, 0.25) is 0 Å². The van der Waals surface area contributed by atoms with Crippen molar-refractivity contribution in [1.82, 2.24) is 9.21 Å². The van der Waals surface area contributed by atoms with E-state index in [4.69, 9.17) is 0 Å². The van der Waals surface area contributed by atoms with E-state index in [-0.39, 0.29) is 29.9 Å². The number of fused-ring (bicyclic) bond motifs is 2. The van der Waals surface area contributed by atoms with Crippen molar-refractivity contribution in [3.8, 4) is 0 Å². The van der Waals surface area contributed by atoms with Gasteiger partial charge in [0.05, 0.1) is 6.26 Å². The molecule has 0 radical (unpaired) electrons. The second-order valence-electron chi connectivity index (χ2n) is 5.76. The predicted octanol–water partition coefficient (Wildman–Crippen LogP) is 0.0904. The normalized spacial score (nSPS) is 36.3. The molecule has 6 nitrogen and oxygen atoms in total. The van der Waals surface area contributed by atoms with Gasteiger partial charge < -0.3 is 0 Å². The zero-order valence-corrected chi connectivity index (χ0v) is 11.7. The molecule has 7 heteroatoms. The Morgan fingerprint density at radius 1 is 0.947 bits per heavy atom. The van der Waals surface area contributed by atoms with Crippen molar-refractivity contribution in [3.63, 3.8) is 0 Å². The molecule has 3 aliphatic heterocycles. The minimum Gasteiger partial charge on any atom is -0.279 e. The number of rotatable bonds is 2. The Morgan fingerprint density at radius 3 is 1.84 bits per heavy atom. The van der Waals surface area contributed by atoms with Crippen LogP contribution in [0.3, 0.4) is 0 Å². The second kappa shape index (κ2) is 4.28. The van der Waals surface area contributed by atoms with Crippen molar-refractivity contribution >= 4 is 21.8 Å². The lowest BCUT2D eigenvalue weighted by molar-refractivity contribution is -0.142. The molecule has 2 atom stereocenters. The van der Waals surface area contributed by atoms with E-state index < -0.39 is 10.0 Å². The maximum atomic E-state index is 11.8. The quantitative estimate of drug-likeness (QED) is 0.674. The van der Waals surface area contributed by atoms with E-state index in [0.29, 0.717) is 25.7 Å². The Labute approximate surface area is 112 Å². The van der Waals surface area contributed by atoms with E-state index in [0.717, 1.165) is 12.8 Å². The molecular formula is C12H18N2O4S. The van der Waals surface area contributed by atoms with E-state index in [9.17, 15) is 18.0 Å². The summed E-state index contributed by atoms with van der Waals surface area (Å²) < 4.78 is 25.2. The molecule has 0 unspecified atom stereocenters. The maximum absolute atomic E-state index is 11.8. The van der Waals surface area contributed by atoms with Crippen LogP contribution >= 0.6 is 0 Å². The molecule has 0 N–H and O–H groups in total. The third-order valence-corrected chi connectivity index (χ3v) is 5.84. The monoisotopic (exact) mass is 286 g/mol. The predicted molar refractivity (Wildman–Crippen MR) is 67.6 cm³/mol. The van der Waals surface area contributed by atoms with E-state index >= 15 is 0 Å². The summed E-state index contributed by atoms with van der Waals surface area (Å²) in [7, 11) is -3.19. The van der Waals surface area contributed by atoms with Crippen molar-refractivity contribution in [2.75, 3.05) is 6.26 Å². The lowest BCUT2D eigenvalue weighted by atomic mass is 9.98. The van der Waals surface area contributed by atoms with E-state index in [2.05, 4.69) is 0 Å². The van der Waals surface area contributed by atoms with Crippen LogP contribution in [0.5, 0.6) is 0 Å². The van der Waals surface area contributed by atoms with Crippen molar-refractivity contribution in [3.05, 3.63) is 0 Å². The summed E-state index contributed by atoms with van der Waals surface area (Å²) in [6.07, 6.45) is 4.72. The first-order valence-electron chi connectivity index (χ1n) is 6.71. The molecule has 19 heavy (non-hydrogen) atoms. The van der Waals surface area contributed by atoms with Gasteiger partial charge in [0.1, 0.15) is 0 Å². The number of piperidine rings is 1. The zero-order chi connectivity index (χ0) is 13.8. The first-order chi connectivity index (χ1) is 8.88. The number of carbonyl (C=O) groups is 2. The largest absolute Gasteiger partial charge is 0.279 e. The number of hydrogen-bond acceptors (Lipinski definition) is 4. The maximum Gasteiger partial charge on any atom is 0.229 e. The van der Waals surface area contributed by atoms with Gasteiger partial charge in [-0.05, 0) is 25.7 Å². The van der Waals surface area contributed by atoms with Gasteiger partial charge in [0.2, 0.25) is 21.8 Å². The topological polar surface area (TPSA) is 74.8 Å². The van der Waals surface area contributed by atoms with Gasteiger partial charge in [-0.15, -0.1) is 0 Å². The lowest BCUT2D eigenvalue weighted by Crippen LogP contribution is -2.53. The van der Waals surface area contributed by atoms with Crippen molar-refractivity contribution in [2.24, 2.45) is 0 Å². The van der Waals surface area contributed by atoms with Gasteiger partial charge in [-0.25, -0.2) is 8.42 Å². The van der Waals surface area contributed by atoms with Gasteiger partial charge in [-0.3, -0.25) is 14.5 Å². The summed E-state index contributed by atoms with van der Waals surface area (Å²) in [6, 6.07) is -0.183. The number of amides is 2. The van der Waals surface area contributed by atoms with E-state index in [1.165, 1.54) is 11.2 Å². The second-order valence-corrected chi connectivity index (χ2v) is 7.65. The Hall–Kier alpha value is -0.950. The summed E-state index contributed by atoms with van der Waals surface area (Å²) in [5.74, 6) is -0.190. The van der Waals surface area contributed by atoms with Crippen molar-refractivity contribution < 1.29 is 18.0 Å². The zero-order valence-electron chi connectivity index (χ0n) is 10.9. The van der Waals surface area contributed by atoms with Crippen LogP contribution < -0.4 is 0 Å². The molecular weight excluding hydrogens is 268 g/mol. The fraction of sp³-hybridized carbons (Fsp3) is 0.833. The van der Waals surface area contributed by atoms with Crippen LogP contribution in [0.4, 0.5) is 0 Å². The van der Waals surface area contributed by atoms with Gasteiger partial charge in [-0.1, -0.05) is 0 Å². The summed E-state index contributed by atoms with van der Waals surface area (Å²) in [5.41, 5.74) is 0. The SMILES string of the molecule is CS(=O)(=O)N1[C@H]2CC[C@H]1CC(N1C(=O)CCC1=O)C2. The molecule has 2 amide bonds. The Kier molecular flexibility index (Phi) is 2.94. The fourth-order valence-corrected chi connectivity index (χ4v) is 5.32. The van der Waals surface area contributed by atoms with Gasteiger partial charge in [0.25, 0.3) is 0 Å². The van der Waals surface area contributed by atoms with Crippen LogP contribution in [0, 0.1) is 0 Å². The Bertz CT molecular complexity index is 500. The molecule has 3 rings (SSSR count). The summed E-state index contributed by atoms with van der Waals surface area (Å²) in [5, 5.41) is 0. The average Bonchev–Trinajstić information content (AvgIpc) is 2.77. The van der Waals surface area contributed by atoms with Gasteiger partial charge in [-0.2, -0.15) is 4.31 Å². The summed E-state index contributed by atoms with van der Waals surface area (Å²) in [6.45, 7) is 0. The number of imide groups is 1. The molecule has 0 aromatic rings. The molecule has 106 valence electrons. The molecule has 0 saturated carbocycles. The number of sulfonamides is 1. The van der Waals surface area contributed by atoms with Crippen molar-refractivity contribution in [1.29, 1.82) is 0 Å². The summed E-state index contributed by atoms with van der Waals surface area (Å²) in [4.78, 5) is 24.9. The number of nitrogens with zero attached hydrogens (tertiary/aromatic N) is 2. The molecule has 3 saturated heterocycles. The third-order valence-electron chi connectivity index (χ3n) is 4.48. The van der Waals surface area contributed by atoms with Crippen LogP contribution in [-0.2, 0) is 19.6 Å². The lowest BCUT2D eigenvalue weighted by Gasteiger charge is -2.39. The highest BCUT2D eigenvalue weighted by Crippen LogP contribution is 2.40. The van der Waals surface area contributed by atoms with Crippen LogP contribution in [0.1, 0.15) is 38.5 Å². The minimum absolute atomic E-state index is 0.0417. The standard InChI is InChI=1S/C12H18N2O4S/c1-19(17,18)14-8-2-3-9(14)7-10(6-8)13-11(15)4-5-12(13)16/h8-10H,2-7H2,1H3/t8-,9-/m0/s1. The first-order valence-corrected chi connectivity index (χ1v) is 8.56. The highest BCUT2D eigenvalue weighted by atomic mass is 32.2. The smallest absolute Gasteiger partial charge is 0.229 e. The van der Waals surface area contributed by atoms with Crippen LogP contribution in [-0.4, -0.2) is 53.8 Å². The molecule has 3 aliphatic rings. The highest BCUT2D eigenvalue weighted by Gasteiger charge is 2.49. The van der Waals surface area contributed by atoms with Gasteiger partial charge >= 0.3 is 0 Å². The number of carbonyl (C=O) groups excluding carboxylic acids is 2. The number of hydrogen-bond donors (Lipinski definition) is 0. The molecule has 0 spiro atoms. The van der Waals surface area contributed by atoms with Gasteiger partial charge in [0, 0.05) is 31.0 Å². The van der Waals surface area contributed by atoms with Crippen molar-refractivity contribution in [2.45, 2.75) is 56.7 Å². The average molecular weight is 286 g/mol. The fourth-order valence-electron chi connectivity index (χ4n) is 3.86. The molecule has 0 aromatic heterocycles. The molecule has 3 heterocycles. The van der Waals surface area contributed by atoms with E-state index in [1.807, 2.05) is 0 Å². The van der Waals surface area contributed by atoms with E-state index in [1.54, 1.807) is 4.31 Å². The Morgan fingerprint density at radius 2 is 1.42 bits per heavy atom. The van der Waals surface area contributed by atoms with Gasteiger partial charge in [0.15, 0.2) is 0 Å². The molecule has 2 bridgehead atoms. The highest BCUT2D eigenvalue weighted by molar-refractivity contribution is 7.88. The minimum atomic E-state index is -3.19. The van der Waals surface area contributed by atoms with Crippen LogP contribution in [0.15, 0.2) is 0 Å². The first kappa shape index (κ1) is 13.1. The third kappa shape index (κ3) is 2.08. The number of likely N-dealkylation sites (tertiary alicyclic amines) is 1. The summed E-state index contributed by atoms with van der Waals surface area (Å²) >= 11 is 0.